The summed E-state index contributed by atoms with van der Waals surface area (Å²) < 4.78 is 3.12. The molecule has 1 rings (SSSR count). The van der Waals surface area contributed by atoms with E-state index < -0.39 is 10.2 Å². The summed E-state index contributed by atoms with van der Waals surface area (Å²) >= 11 is 0. The quantitative estimate of drug-likeness (QED) is 0.838. The SMILES string of the molecule is CCCC(=O)NS(C)(C)c1ccccc1. The Morgan fingerprint density at radius 3 is 2.40 bits per heavy atom. The van der Waals surface area contributed by atoms with Crippen LogP contribution in [0.2, 0.25) is 0 Å². The molecule has 1 amide bonds. The third-order valence-electron chi connectivity index (χ3n) is 2.18. The van der Waals surface area contributed by atoms with E-state index in [1.807, 2.05) is 25.1 Å². The highest BCUT2D eigenvalue weighted by Crippen LogP contribution is 2.44. The second-order valence-corrected chi connectivity index (χ2v) is 7.24. The lowest BCUT2D eigenvalue weighted by molar-refractivity contribution is -0.119. The molecule has 0 aliphatic carbocycles. The average molecular weight is 225 g/mol. The standard InChI is InChI=1S/C12H19NOS/c1-4-8-12(14)13-15(2,3)11-9-6-5-7-10-11/h5-7,9-10H,4,8H2,1-3H3,(H,13,14). The number of amides is 1. The summed E-state index contributed by atoms with van der Waals surface area (Å²) in [5, 5.41) is 0. The Morgan fingerprint density at radius 2 is 1.87 bits per heavy atom. The van der Waals surface area contributed by atoms with Crippen molar-refractivity contribution in [2.75, 3.05) is 12.5 Å². The molecule has 0 aromatic heterocycles. The smallest absolute Gasteiger partial charge is 0.228 e. The van der Waals surface area contributed by atoms with Gasteiger partial charge < -0.3 is 4.72 Å². The molecule has 3 heteroatoms. The highest BCUT2D eigenvalue weighted by Gasteiger charge is 2.16. The largest absolute Gasteiger partial charge is 0.315 e. The minimum absolute atomic E-state index is 0.154. The molecular weight excluding hydrogens is 206 g/mol. The lowest BCUT2D eigenvalue weighted by Crippen LogP contribution is -2.26. The molecule has 1 N–H and O–H groups in total. The Labute approximate surface area is 93.5 Å². The average Bonchev–Trinajstić information content (AvgIpc) is 2.18. The number of hydrogen-bond donors (Lipinski definition) is 1. The maximum Gasteiger partial charge on any atom is 0.228 e. The van der Waals surface area contributed by atoms with Gasteiger partial charge in [-0.1, -0.05) is 25.1 Å². The molecule has 84 valence electrons. The molecule has 0 aliphatic heterocycles. The number of benzene rings is 1. The van der Waals surface area contributed by atoms with E-state index >= 15 is 0 Å². The summed E-state index contributed by atoms with van der Waals surface area (Å²) in [7, 11) is -1.18. The van der Waals surface area contributed by atoms with Crippen LogP contribution in [-0.2, 0) is 4.79 Å². The van der Waals surface area contributed by atoms with Crippen LogP contribution in [-0.4, -0.2) is 18.4 Å². The third kappa shape index (κ3) is 3.59. The Balaban J connectivity index is 2.71. The predicted molar refractivity (Wildman–Crippen MR) is 67.2 cm³/mol. The van der Waals surface area contributed by atoms with Crippen LogP contribution in [0.5, 0.6) is 0 Å². The first kappa shape index (κ1) is 12.1. The predicted octanol–water partition coefficient (Wildman–Crippen LogP) is 2.94. The van der Waals surface area contributed by atoms with Crippen molar-refractivity contribution in [3.05, 3.63) is 30.3 Å². The van der Waals surface area contributed by atoms with Crippen molar-refractivity contribution in [1.29, 1.82) is 0 Å². The zero-order valence-electron chi connectivity index (χ0n) is 9.62. The van der Waals surface area contributed by atoms with Crippen molar-refractivity contribution in [3.63, 3.8) is 0 Å². The van der Waals surface area contributed by atoms with E-state index in [4.69, 9.17) is 0 Å². The van der Waals surface area contributed by atoms with Crippen molar-refractivity contribution in [2.24, 2.45) is 0 Å². The number of nitrogens with one attached hydrogen (secondary N) is 1. The van der Waals surface area contributed by atoms with E-state index in [1.54, 1.807) is 0 Å². The summed E-state index contributed by atoms with van der Waals surface area (Å²) in [6.45, 7) is 2.02. The molecule has 0 saturated heterocycles. The van der Waals surface area contributed by atoms with Gasteiger partial charge in [-0.2, -0.15) is 0 Å². The van der Waals surface area contributed by atoms with Crippen LogP contribution in [0.3, 0.4) is 0 Å². The fourth-order valence-electron chi connectivity index (χ4n) is 1.38. The zero-order chi connectivity index (χ0) is 11.3. The molecule has 0 saturated carbocycles. The molecule has 1 aromatic rings. The van der Waals surface area contributed by atoms with Gasteiger partial charge >= 0.3 is 0 Å². The molecule has 1 aromatic carbocycles. The van der Waals surface area contributed by atoms with Crippen molar-refractivity contribution in [2.45, 2.75) is 24.7 Å². The first-order valence-corrected chi connectivity index (χ1v) is 7.60. The van der Waals surface area contributed by atoms with Crippen LogP contribution < -0.4 is 4.72 Å². The van der Waals surface area contributed by atoms with Crippen LogP contribution in [0.25, 0.3) is 0 Å². The maximum atomic E-state index is 11.5. The van der Waals surface area contributed by atoms with Gasteiger partial charge in [0.05, 0.1) is 0 Å². The van der Waals surface area contributed by atoms with Gasteiger partial charge in [-0.3, -0.25) is 4.79 Å². The Bertz CT molecular complexity index is 322. The summed E-state index contributed by atoms with van der Waals surface area (Å²) in [6.07, 6.45) is 5.73. The fourth-order valence-corrected chi connectivity index (χ4v) is 3.01. The summed E-state index contributed by atoms with van der Waals surface area (Å²) in [5.74, 6) is 0.154. The Morgan fingerprint density at radius 1 is 1.27 bits per heavy atom. The minimum atomic E-state index is -1.18. The van der Waals surface area contributed by atoms with E-state index in [1.165, 1.54) is 4.90 Å². The number of rotatable bonds is 4. The molecule has 0 spiro atoms. The zero-order valence-corrected chi connectivity index (χ0v) is 10.4. The van der Waals surface area contributed by atoms with E-state index in [-0.39, 0.29) is 5.91 Å². The van der Waals surface area contributed by atoms with Gasteiger partial charge in [0.1, 0.15) is 0 Å². The third-order valence-corrected chi connectivity index (χ3v) is 4.37. The van der Waals surface area contributed by atoms with Crippen molar-refractivity contribution in [3.8, 4) is 0 Å². The van der Waals surface area contributed by atoms with Crippen LogP contribution in [0.4, 0.5) is 0 Å². The Kier molecular flexibility index (Phi) is 4.21. The van der Waals surface area contributed by atoms with Gasteiger partial charge in [-0.15, -0.1) is 10.2 Å². The second-order valence-electron chi connectivity index (χ2n) is 3.92. The van der Waals surface area contributed by atoms with Gasteiger partial charge in [0.2, 0.25) is 5.91 Å². The summed E-state index contributed by atoms with van der Waals surface area (Å²) in [6, 6.07) is 10.2. The monoisotopic (exact) mass is 225 g/mol. The number of carbonyl (C=O) groups excluding carboxylic acids is 1. The van der Waals surface area contributed by atoms with Crippen LogP contribution in [0.1, 0.15) is 19.8 Å². The Hall–Kier alpha value is -0.960. The normalized spacial score (nSPS) is 12.2. The maximum absolute atomic E-state index is 11.5. The molecule has 0 aliphatic rings. The lowest BCUT2D eigenvalue weighted by Gasteiger charge is -2.32. The molecule has 2 nitrogen and oxygen atoms in total. The molecule has 0 bridgehead atoms. The first-order valence-electron chi connectivity index (χ1n) is 5.15. The lowest BCUT2D eigenvalue weighted by atomic mass is 10.3. The van der Waals surface area contributed by atoms with E-state index in [0.29, 0.717) is 6.42 Å². The molecule has 0 radical (unpaired) electrons. The van der Waals surface area contributed by atoms with Crippen LogP contribution >= 0.6 is 10.2 Å². The number of carbonyl (C=O) groups is 1. The van der Waals surface area contributed by atoms with Crippen molar-refractivity contribution < 1.29 is 4.79 Å². The van der Waals surface area contributed by atoms with E-state index in [9.17, 15) is 4.79 Å². The van der Waals surface area contributed by atoms with Gasteiger partial charge in [0.25, 0.3) is 0 Å². The van der Waals surface area contributed by atoms with Gasteiger partial charge in [-0.25, -0.2) is 0 Å². The van der Waals surface area contributed by atoms with E-state index in [2.05, 4.69) is 29.4 Å². The summed E-state index contributed by atoms with van der Waals surface area (Å²) in [5.41, 5.74) is 0. The topological polar surface area (TPSA) is 29.1 Å². The molecule has 0 unspecified atom stereocenters. The fraction of sp³-hybridized carbons (Fsp3) is 0.417. The summed E-state index contributed by atoms with van der Waals surface area (Å²) in [4.78, 5) is 12.8. The molecular formula is C12H19NOS. The molecule has 0 heterocycles. The van der Waals surface area contributed by atoms with Crippen LogP contribution in [0.15, 0.2) is 35.2 Å². The molecule has 15 heavy (non-hydrogen) atoms. The highest BCUT2D eigenvalue weighted by molar-refractivity contribution is 8.31. The van der Waals surface area contributed by atoms with Crippen molar-refractivity contribution in [1.82, 2.24) is 4.72 Å². The van der Waals surface area contributed by atoms with Crippen LogP contribution in [0, 0.1) is 0 Å². The number of hydrogen-bond acceptors (Lipinski definition) is 1. The first-order chi connectivity index (χ1) is 7.06. The second kappa shape index (κ2) is 5.21. The molecule has 0 atom stereocenters. The minimum Gasteiger partial charge on any atom is -0.315 e. The van der Waals surface area contributed by atoms with Gasteiger partial charge in [0, 0.05) is 11.3 Å². The highest BCUT2D eigenvalue weighted by atomic mass is 32.3. The van der Waals surface area contributed by atoms with Crippen molar-refractivity contribution >= 4 is 16.1 Å². The van der Waals surface area contributed by atoms with E-state index in [0.717, 1.165) is 6.42 Å². The molecule has 0 fully saturated rings. The van der Waals surface area contributed by atoms with Gasteiger partial charge in [-0.05, 0) is 31.1 Å². The van der Waals surface area contributed by atoms with Gasteiger partial charge in [0.15, 0.2) is 0 Å².